The molecule has 2 aliphatic rings. The summed E-state index contributed by atoms with van der Waals surface area (Å²) in [5.74, 6) is 0. The predicted octanol–water partition coefficient (Wildman–Crippen LogP) is 15.6. The molecule has 13 rings (SSSR count). The number of rotatable bonds is 5. The van der Waals surface area contributed by atoms with Gasteiger partial charge in [-0.3, -0.25) is 0 Å². The molecule has 0 aliphatic carbocycles. The van der Waals surface area contributed by atoms with Crippen LogP contribution in [0.3, 0.4) is 0 Å². The van der Waals surface area contributed by atoms with Crippen molar-refractivity contribution in [2.75, 3.05) is 14.7 Å². The lowest BCUT2D eigenvalue weighted by Crippen LogP contribution is -2.61. The van der Waals surface area contributed by atoms with Crippen molar-refractivity contribution in [3.05, 3.63) is 205 Å². The predicted molar refractivity (Wildman–Crippen MR) is 287 cm³/mol. The molecular weight excluding hydrogens is 830 g/mol. The van der Waals surface area contributed by atoms with Crippen LogP contribution in [-0.2, 0) is 10.8 Å². The highest BCUT2D eigenvalue weighted by Crippen LogP contribution is 2.49. The van der Waals surface area contributed by atoms with E-state index in [4.69, 9.17) is 8.83 Å². The maximum atomic E-state index is 6.66. The van der Waals surface area contributed by atoms with Crippen molar-refractivity contribution in [2.24, 2.45) is 0 Å². The van der Waals surface area contributed by atoms with Crippen LogP contribution in [0.2, 0.25) is 0 Å². The second kappa shape index (κ2) is 14.8. The van der Waals surface area contributed by atoms with Crippen molar-refractivity contribution < 1.29 is 8.83 Å². The lowest BCUT2D eigenvalue weighted by molar-refractivity contribution is 0.590. The van der Waals surface area contributed by atoms with Gasteiger partial charge in [-0.15, -0.1) is 0 Å². The summed E-state index contributed by atoms with van der Waals surface area (Å²) < 4.78 is 13.0. The number of fused-ring (bicyclic) bond motifs is 11. The minimum Gasteiger partial charge on any atom is -0.456 e. The molecule has 0 N–H and O–H groups in total. The molecular formula is C62H50BN3O2. The molecule has 0 saturated carbocycles. The zero-order valence-corrected chi connectivity index (χ0v) is 39.2. The molecule has 9 aromatic carbocycles. The van der Waals surface area contributed by atoms with E-state index in [-0.39, 0.29) is 17.5 Å². The molecule has 4 heterocycles. The molecule has 2 aliphatic heterocycles. The standard InChI is InChI=1S/C62H50BN3O2/c1-61(2,3)39-23-27-42(28-24-39)65-51-19-14-20-52-59(51)63(50-34-36-57-58(47-18-11-13-22-55(47)68-57)60(50)66(52)43-29-25-40(26-30-43)62(4,5)6)49-33-31-45(38-53(49)65)64(41-15-8-7-9-16-41)44-32-35-56-48(37-44)46-17-10-12-21-54(46)67-56/h7-38H,1-6H3. The highest BCUT2D eigenvalue weighted by molar-refractivity contribution is 7.00. The fraction of sp³-hybridized carbons (Fsp3) is 0.129. The SMILES string of the molecule is CC(C)(C)c1ccc(N2c3cc(N(c4ccccc4)c4ccc5oc6ccccc6c5c4)ccc3B3c4ccc5oc6ccccc6c5c4N(c4ccc(C(C)(C)C)cc4)c4cccc2c43)cc1. The van der Waals surface area contributed by atoms with E-state index in [1.54, 1.807) is 0 Å². The smallest absolute Gasteiger partial charge is 0.252 e. The van der Waals surface area contributed by atoms with Gasteiger partial charge in [-0.05, 0) is 135 Å². The van der Waals surface area contributed by atoms with E-state index in [1.807, 2.05) is 12.1 Å². The van der Waals surface area contributed by atoms with Crippen molar-refractivity contribution in [3.63, 3.8) is 0 Å². The zero-order valence-electron chi connectivity index (χ0n) is 39.2. The van der Waals surface area contributed by atoms with E-state index in [1.165, 1.54) is 33.2 Å². The molecule has 0 atom stereocenters. The Morgan fingerprint density at radius 3 is 1.62 bits per heavy atom. The monoisotopic (exact) mass is 879 g/mol. The summed E-state index contributed by atoms with van der Waals surface area (Å²) in [6, 6.07) is 71.1. The zero-order chi connectivity index (χ0) is 46.1. The maximum absolute atomic E-state index is 6.66. The minimum absolute atomic E-state index is 0.00938. The number of benzene rings is 9. The number of para-hydroxylation sites is 3. The second-order valence-corrected chi connectivity index (χ2v) is 20.6. The van der Waals surface area contributed by atoms with Crippen molar-refractivity contribution >= 4 is 118 Å². The molecule has 0 fully saturated rings. The molecule has 68 heavy (non-hydrogen) atoms. The molecule has 0 unspecified atom stereocenters. The average Bonchev–Trinajstić information content (AvgIpc) is 3.92. The van der Waals surface area contributed by atoms with Gasteiger partial charge in [-0.1, -0.05) is 139 Å². The van der Waals surface area contributed by atoms with Gasteiger partial charge in [0.15, 0.2) is 0 Å². The summed E-state index contributed by atoms with van der Waals surface area (Å²) in [6.07, 6.45) is 0. The van der Waals surface area contributed by atoms with Gasteiger partial charge >= 0.3 is 0 Å². The first kappa shape index (κ1) is 40.3. The Hall–Kier alpha value is -7.96. The number of hydrogen-bond donors (Lipinski definition) is 0. The normalized spacial score (nSPS) is 13.4. The lowest BCUT2D eigenvalue weighted by Gasteiger charge is -2.44. The van der Waals surface area contributed by atoms with Crippen molar-refractivity contribution in [1.82, 2.24) is 0 Å². The lowest BCUT2D eigenvalue weighted by atomic mass is 9.33. The Kier molecular flexibility index (Phi) is 8.76. The van der Waals surface area contributed by atoms with Crippen molar-refractivity contribution in [1.29, 1.82) is 0 Å². The Balaban J connectivity index is 1.08. The fourth-order valence-electron chi connectivity index (χ4n) is 11.0. The highest BCUT2D eigenvalue weighted by Gasteiger charge is 2.44. The number of nitrogens with zero attached hydrogens (tertiary/aromatic N) is 3. The molecule has 328 valence electrons. The molecule has 0 bridgehead atoms. The maximum Gasteiger partial charge on any atom is 0.252 e. The molecule has 5 nitrogen and oxygen atoms in total. The second-order valence-electron chi connectivity index (χ2n) is 20.6. The summed E-state index contributed by atoms with van der Waals surface area (Å²) in [5.41, 5.74) is 20.0. The number of anilines is 9. The molecule has 6 heteroatoms. The van der Waals surface area contributed by atoms with Gasteiger partial charge in [0.1, 0.15) is 22.3 Å². The van der Waals surface area contributed by atoms with Crippen LogP contribution in [-0.4, -0.2) is 6.71 Å². The van der Waals surface area contributed by atoms with Crippen molar-refractivity contribution in [3.8, 4) is 0 Å². The molecule has 0 spiro atoms. The summed E-state index contributed by atoms with van der Waals surface area (Å²) in [6.45, 7) is 13.6. The Morgan fingerprint density at radius 1 is 0.397 bits per heavy atom. The van der Waals surface area contributed by atoms with E-state index in [0.29, 0.717) is 0 Å². The van der Waals surface area contributed by atoms with Crippen LogP contribution in [0.4, 0.5) is 51.2 Å². The third kappa shape index (κ3) is 6.16. The van der Waals surface area contributed by atoms with Crippen molar-refractivity contribution in [2.45, 2.75) is 52.4 Å². The van der Waals surface area contributed by atoms with Crippen LogP contribution in [0.15, 0.2) is 203 Å². The van der Waals surface area contributed by atoms with E-state index in [2.05, 4.69) is 238 Å². The number of furan rings is 2. The molecule has 11 aromatic rings. The molecule has 2 aromatic heterocycles. The highest BCUT2D eigenvalue weighted by atomic mass is 16.3. The van der Waals surface area contributed by atoms with E-state index < -0.39 is 0 Å². The van der Waals surface area contributed by atoms with Crippen LogP contribution >= 0.6 is 0 Å². The average molecular weight is 880 g/mol. The largest absolute Gasteiger partial charge is 0.456 e. The van der Waals surface area contributed by atoms with Crippen LogP contribution in [0.1, 0.15) is 52.7 Å². The quantitative estimate of drug-likeness (QED) is 0.161. The van der Waals surface area contributed by atoms with Gasteiger partial charge in [-0.25, -0.2) is 0 Å². The van der Waals surface area contributed by atoms with E-state index in [0.717, 1.165) is 89.4 Å². The van der Waals surface area contributed by atoms with Gasteiger partial charge in [0, 0.05) is 61.7 Å². The van der Waals surface area contributed by atoms with Gasteiger partial charge in [0.05, 0.1) is 11.1 Å². The van der Waals surface area contributed by atoms with Crippen LogP contribution in [0, 0.1) is 0 Å². The van der Waals surface area contributed by atoms with Gasteiger partial charge in [0.2, 0.25) is 0 Å². The van der Waals surface area contributed by atoms with E-state index in [9.17, 15) is 0 Å². The summed E-state index contributed by atoms with van der Waals surface area (Å²) >= 11 is 0. The Bertz CT molecular complexity index is 3780. The van der Waals surface area contributed by atoms with E-state index >= 15 is 0 Å². The number of hydrogen-bond acceptors (Lipinski definition) is 5. The Labute approximate surface area is 397 Å². The van der Waals surface area contributed by atoms with Crippen LogP contribution in [0.5, 0.6) is 0 Å². The summed E-state index contributed by atoms with van der Waals surface area (Å²) in [7, 11) is 0. The Morgan fingerprint density at radius 2 is 0.926 bits per heavy atom. The first-order valence-electron chi connectivity index (χ1n) is 23.8. The van der Waals surface area contributed by atoms with Gasteiger partial charge in [0.25, 0.3) is 6.71 Å². The van der Waals surface area contributed by atoms with Crippen LogP contribution < -0.4 is 31.1 Å². The molecule has 0 radical (unpaired) electrons. The fourth-order valence-corrected chi connectivity index (χ4v) is 11.0. The molecule has 0 saturated heterocycles. The molecule has 0 amide bonds. The third-order valence-electron chi connectivity index (χ3n) is 14.4. The van der Waals surface area contributed by atoms with Gasteiger partial charge in [-0.2, -0.15) is 0 Å². The third-order valence-corrected chi connectivity index (χ3v) is 14.4. The first-order valence-corrected chi connectivity index (χ1v) is 23.8. The van der Waals surface area contributed by atoms with Gasteiger partial charge < -0.3 is 23.5 Å². The van der Waals surface area contributed by atoms with Crippen LogP contribution in [0.25, 0.3) is 43.9 Å². The minimum atomic E-state index is -0.0765. The topological polar surface area (TPSA) is 36.0 Å². The summed E-state index contributed by atoms with van der Waals surface area (Å²) in [5, 5.41) is 4.44. The summed E-state index contributed by atoms with van der Waals surface area (Å²) in [4.78, 5) is 7.40. The first-order chi connectivity index (χ1) is 33.0.